The van der Waals surface area contributed by atoms with E-state index in [0.29, 0.717) is 0 Å². The van der Waals surface area contributed by atoms with E-state index in [2.05, 4.69) is 73.1 Å². The lowest BCUT2D eigenvalue weighted by Gasteiger charge is -2.08. The average molecular weight is 328 g/mol. The SMILES string of the molecule is Cc1ccccc1-c1ccc2cc(-c3ccc(F)cc3)ccc2[n+]1C. The number of fused-ring (bicyclic) bond motifs is 1. The van der Waals surface area contributed by atoms with E-state index < -0.39 is 0 Å². The van der Waals surface area contributed by atoms with Crippen LogP contribution in [0.5, 0.6) is 0 Å². The number of hydrogen-bond acceptors (Lipinski definition) is 0. The number of hydrogen-bond donors (Lipinski definition) is 0. The van der Waals surface area contributed by atoms with Crippen molar-refractivity contribution in [3.8, 4) is 22.4 Å². The fraction of sp³-hybridized carbons (Fsp3) is 0.0870. The monoisotopic (exact) mass is 328 g/mol. The van der Waals surface area contributed by atoms with Crippen LogP contribution in [0.15, 0.2) is 78.9 Å². The Morgan fingerprint density at radius 2 is 1.48 bits per heavy atom. The Hall–Kier alpha value is -3.00. The summed E-state index contributed by atoms with van der Waals surface area (Å²) in [5.41, 5.74) is 6.99. The van der Waals surface area contributed by atoms with Crippen LogP contribution in [0.3, 0.4) is 0 Å². The van der Waals surface area contributed by atoms with Gasteiger partial charge in [-0.3, -0.25) is 0 Å². The molecule has 0 atom stereocenters. The molecule has 0 aliphatic heterocycles. The van der Waals surface area contributed by atoms with Crippen molar-refractivity contribution in [2.75, 3.05) is 0 Å². The number of aromatic nitrogens is 1. The van der Waals surface area contributed by atoms with Gasteiger partial charge >= 0.3 is 0 Å². The summed E-state index contributed by atoms with van der Waals surface area (Å²) in [5.74, 6) is -0.209. The Kier molecular flexibility index (Phi) is 3.81. The van der Waals surface area contributed by atoms with E-state index in [1.165, 1.54) is 39.9 Å². The molecule has 0 unspecified atom stereocenters. The first-order valence-corrected chi connectivity index (χ1v) is 8.38. The van der Waals surface area contributed by atoms with E-state index >= 15 is 0 Å². The molecule has 122 valence electrons. The van der Waals surface area contributed by atoms with Crippen LogP contribution in [0, 0.1) is 12.7 Å². The zero-order valence-electron chi connectivity index (χ0n) is 14.3. The summed E-state index contributed by atoms with van der Waals surface area (Å²) in [4.78, 5) is 0. The molecule has 4 aromatic rings. The van der Waals surface area contributed by atoms with Gasteiger partial charge in [0, 0.05) is 23.1 Å². The highest BCUT2D eigenvalue weighted by atomic mass is 19.1. The van der Waals surface area contributed by atoms with Crippen molar-refractivity contribution in [1.82, 2.24) is 0 Å². The van der Waals surface area contributed by atoms with Crippen LogP contribution in [0.4, 0.5) is 4.39 Å². The van der Waals surface area contributed by atoms with Gasteiger partial charge in [-0.25, -0.2) is 4.39 Å². The number of halogens is 1. The first-order valence-electron chi connectivity index (χ1n) is 8.38. The van der Waals surface area contributed by atoms with Gasteiger partial charge in [-0.15, -0.1) is 0 Å². The van der Waals surface area contributed by atoms with Crippen molar-refractivity contribution in [2.24, 2.45) is 7.05 Å². The molecule has 0 fully saturated rings. The molecule has 2 heteroatoms. The van der Waals surface area contributed by atoms with Gasteiger partial charge in [-0.1, -0.05) is 30.3 Å². The largest absolute Gasteiger partial charge is 0.213 e. The van der Waals surface area contributed by atoms with E-state index in [1.54, 1.807) is 0 Å². The molecular weight excluding hydrogens is 309 g/mol. The number of benzene rings is 3. The highest BCUT2D eigenvalue weighted by molar-refractivity contribution is 5.83. The van der Waals surface area contributed by atoms with Crippen LogP contribution in [-0.2, 0) is 7.05 Å². The Balaban J connectivity index is 1.85. The lowest BCUT2D eigenvalue weighted by atomic mass is 10.0. The molecule has 0 radical (unpaired) electrons. The van der Waals surface area contributed by atoms with Crippen LogP contribution >= 0.6 is 0 Å². The van der Waals surface area contributed by atoms with Gasteiger partial charge in [0.05, 0.1) is 0 Å². The van der Waals surface area contributed by atoms with Crippen LogP contribution < -0.4 is 4.57 Å². The molecular formula is C23H19FN+. The second-order valence-electron chi connectivity index (χ2n) is 6.37. The lowest BCUT2D eigenvalue weighted by molar-refractivity contribution is -0.633. The molecule has 0 saturated heterocycles. The quantitative estimate of drug-likeness (QED) is 0.431. The molecule has 1 nitrogen and oxygen atoms in total. The molecule has 0 saturated carbocycles. The number of pyridine rings is 1. The average Bonchev–Trinajstić information content (AvgIpc) is 2.63. The van der Waals surface area contributed by atoms with Crippen LogP contribution in [0.2, 0.25) is 0 Å². The van der Waals surface area contributed by atoms with Crippen LogP contribution in [-0.4, -0.2) is 0 Å². The third kappa shape index (κ3) is 2.80. The van der Waals surface area contributed by atoms with E-state index in [9.17, 15) is 4.39 Å². The summed E-state index contributed by atoms with van der Waals surface area (Å²) in [6.45, 7) is 2.14. The Morgan fingerprint density at radius 1 is 0.760 bits per heavy atom. The van der Waals surface area contributed by atoms with Crippen molar-refractivity contribution in [3.63, 3.8) is 0 Å². The fourth-order valence-electron chi connectivity index (χ4n) is 3.36. The normalized spacial score (nSPS) is 11.0. The first kappa shape index (κ1) is 15.5. The van der Waals surface area contributed by atoms with Crippen molar-refractivity contribution in [1.29, 1.82) is 0 Å². The maximum Gasteiger partial charge on any atom is 0.213 e. The zero-order valence-corrected chi connectivity index (χ0v) is 14.3. The predicted octanol–water partition coefficient (Wildman–Crippen LogP) is 5.45. The topological polar surface area (TPSA) is 3.88 Å². The summed E-state index contributed by atoms with van der Waals surface area (Å²) < 4.78 is 15.4. The van der Waals surface area contributed by atoms with E-state index in [1.807, 2.05) is 12.1 Å². The summed E-state index contributed by atoms with van der Waals surface area (Å²) >= 11 is 0. The summed E-state index contributed by atoms with van der Waals surface area (Å²) in [6, 6.07) is 25.8. The highest BCUT2D eigenvalue weighted by Crippen LogP contribution is 2.26. The number of aryl methyl sites for hydroxylation is 2. The molecule has 0 N–H and O–H groups in total. The zero-order chi connectivity index (χ0) is 17.4. The number of nitrogens with zero attached hydrogens (tertiary/aromatic N) is 1. The lowest BCUT2D eigenvalue weighted by Crippen LogP contribution is -2.32. The molecule has 1 aromatic heterocycles. The molecule has 25 heavy (non-hydrogen) atoms. The van der Waals surface area contributed by atoms with E-state index in [-0.39, 0.29) is 5.82 Å². The van der Waals surface area contributed by atoms with Crippen molar-refractivity contribution in [3.05, 3.63) is 90.2 Å². The van der Waals surface area contributed by atoms with E-state index in [0.717, 1.165) is 11.1 Å². The minimum absolute atomic E-state index is 0.209. The number of rotatable bonds is 2. The summed E-state index contributed by atoms with van der Waals surface area (Å²) in [6.07, 6.45) is 0. The van der Waals surface area contributed by atoms with Crippen molar-refractivity contribution in [2.45, 2.75) is 6.92 Å². The third-order valence-electron chi connectivity index (χ3n) is 4.77. The van der Waals surface area contributed by atoms with Crippen LogP contribution in [0.25, 0.3) is 33.3 Å². The predicted molar refractivity (Wildman–Crippen MR) is 101 cm³/mol. The van der Waals surface area contributed by atoms with Gasteiger partial charge in [0.25, 0.3) is 0 Å². The van der Waals surface area contributed by atoms with E-state index in [4.69, 9.17) is 0 Å². The van der Waals surface area contributed by atoms with Gasteiger partial charge in [0.2, 0.25) is 11.2 Å². The Labute approximate surface area is 147 Å². The van der Waals surface area contributed by atoms with Gasteiger partial charge in [-0.05, 0) is 60.0 Å². The molecule has 0 spiro atoms. The fourth-order valence-corrected chi connectivity index (χ4v) is 3.36. The molecule has 4 rings (SSSR count). The van der Waals surface area contributed by atoms with Crippen molar-refractivity contribution < 1.29 is 8.96 Å². The Bertz CT molecular complexity index is 1070. The van der Waals surface area contributed by atoms with Gasteiger partial charge in [-0.2, -0.15) is 4.57 Å². The van der Waals surface area contributed by atoms with Gasteiger partial charge in [0.1, 0.15) is 12.9 Å². The summed E-state index contributed by atoms with van der Waals surface area (Å²) in [7, 11) is 2.10. The first-order chi connectivity index (χ1) is 12.1. The van der Waals surface area contributed by atoms with Gasteiger partial charge in [0.15, 0.2) is 0 Å². The highest BCUT2D eigenvalue weighted by Gasteiger charge is 2.15. The molecule has 3 aromatic carbocycles. The van der Waals surface area contributed by atoms with Gasteiger partial charge < -0.3 is 0 Å². The molecule has 0 bridgehead atoms. The molecule has 0 aliphatic carbocycles. The minimum atomic E-state index is -0.209. The maximum atomic E-state index is 13.1. The minimum Gasteiger partial charge on any atom is -0.207 e. The third-order valence-corrected chi connectivity index (χ3v) is 4.77. The maximum absolute atomic E-state index is 13.1. The molecule has 0 amide bonds. The molecule has 1 heterocycles. The van der Waals surface area contributed by atoms with Crippen LogP contribution in [0.1, 0.15) is 5.56 Å². The standard InChI is InChI=1S/C23H19FN/c1-16-5-3-4-6-21(16)23-14-10-19-15-18(9-13-22(19)25(23)2)17-7-11-20(24)12-8-17/h3-15H,1-2H3/q+1. The smallest absolute Gasteiger partial charge is 0.207 e. The van der Waals surface area contributed by atoms with Crippen molar-refractivity contribution >= 4 is 10.9 Å². The molecule has 0 aliphatic rings. The summed E-state index contributed by atoms with van der Waals surface area (Å²) in [5, 5.41) is 1.17. The second-order valence-corrected chi connectivity index (χ2v) is 6.37. The Morgan fingerprint density at radius 3 is 2.24 bits per heavy atom. The second kappa shape index (κ2) is 6.14.